The van der Waals surface area contributed by atoms with Gasteiger partial charge in [-0.25, -0.2) is 0 Å². The number of phenolic OH excluding ortho intramolecular Hbond substituents is 1. The van der Waals surface area contributed by atoms with Crippen molar-refractivity contribution in [2.45, 2.75) is 52.6 Å². The van der Waals surface area contributed by atoms with Gasteiger partial charge in [-0.05, 0) is 37.8 Å². The van der Waals surface area contributed by atoms with Gasteiger partial charge in [-0.1, -0.05) is 26.8 Å². The van der Waals surface area contributed by atoms with E-state index in [0.29, 0.717) is 11.5 Å². The summed E-state index contributed by atoms with van der Waals surface area (Å²) in [7, 11) is 0. The maximum atomic E-state index is 9.94. The Morgan fingerprint density at radius 2 is 1.56 bits per heavy atom. The first-order valence-corrected chi connectivity index (χ1v) is 5.62. The third-order valence-corrected chi connectivity index (χ3v) is 2.20. The molecule has 0 aliphatic carbocycles. The predicted octanol–water partition coefficient (Wildman–Crippen LogP) is 3.87. The smallest absolute Gasteiger partial charge is 0.123 e. The second-order valence-corrected chi connectivity index (χ2v) is 6.14. The first-order chi connectivity index (χ1) is 7.09. The number of benzene rings is 1. The Hall–Kier alpha value is -1.18. The van der Waals surface area contributed by atoms with E-state index in [4.69, 9.17) is 4.74 Å². The normalized spacial score (nSPS) is 12.6. The molecular weight excluding hydrogens is 200 g/mol. The van der Waals surface area contributed by atoms with Crippen LogP contribution in [0.15, 0.2) is 18.2 Å². The Kier molecular flexibility index (Phi) is 3.22. The van der Waals surface area contributed by atoms with Crippen LogP contribution in [0.5, 0.6) is 11.5 Å². The fraction of sp³-hybridized carbons (Fsp3) is 0.571. The van der Waals surface area contributed by atoms with Crippen LogP contribution in [-0.2, 0) is 5.41 Å². The lowest BCUT2D eigenvalue weighted by atomic mass is 9.86. The van der Waals surface area contributed by atoms with Gasteiger partial charge in [-0.15, -0.1) is 0 Å². The van der Waals surface area contributed by atoms with Crippen LogP contribution in [0.3, 0.4) is 0 Å². The summed E-state index contributed by atoms with van der Waals surface area (Å²) >= 11 is 0. The van der Waals surface area contributed by atoms with Gasteiger partial charge in [0.15, 0.2) is 0 Å². The molecule has 0 aromatic heterocycles. The third kappa shape index (κ3) is 3.44. The van der Waals surface area contributed by atoms with Crippen LogP contribution < -0.4 is 4.74 Å². The van der Waals surface area contributed by atoms with Gasteiger partial charge in [0.1, 0.15) is 17.1 Å². The number of rotatable bonds is 1. The third-order valence-electron chi connectivity index (χ3n) is 2.20. The first-order valence-electron chi connectivity index (χ1n) is 5.62. The van der Waals surface area contributed by atoms with Gasteiger partial charge in [0.25, 0.3) is 0 Å². The van der Waals surface area contributed by atoms with E-state index < -0.39 is 0 Å². The van der Waals surface area contributed by atoms with E-state index in [1.807, 2.05) is 32.9 Å². The average molecular weight is 222 g/mol. The molecule has 0 heterocycles. The second-order valence-electron chi connectivity index (χ2n) is 6.14. The van der Waals surface area contributed by atoms with Gasteiger partial charge in [-0.3, -0.25) is 0 Å². The van der Waals surface area contributed by atoms with E-state index in [-0.39, 0.29) is 11.0 Å². The standard InChI is InChI=1S/C14H22O2/c1-13(2,3)11-8-7-10(9-12(11)15)16-14(4,5)6/h7-9,15H,1-6H3. The van der Waals surface area contributed by atoms with Crippen LogP contribution in [-0.4, -0.2) is 10.7 Å². The number of ether oxygens (including phenoxy) is 1. The van der Waals surface area contributed by atoms with Gasteiger partial charge in [0.05, 0.1) is 0 Å². The van der Waals surface area contributed by atoms with E-state index >= 15 is 0 Å². The molecule has 1 aromatic rings. The minimum absolute atomic E-state index is 0.0512. The van der Waals surface area contributed by atoms with E-state index in [1.54, 1.807) is 6.07 Å². The van der Waals surface area contributed by atoms with Crippen molar-refractivity contribution in [1.29, 1.82) is 0 Å². The highest BCUT2D eigenvalue weighted by molar-refractivity contribution is 5.43. The van der Waals surface area contributed by atoms with Crippen molar-refractivity contribution in [3.63, 3.8) is 0 Å². The SMILES string of the molecule is CC(C)(C)Oc1ccc(C(C)(C)C)c(O)c1. The molecule has 90 valence electrons. The molecule has 0 fully saturated rings. The lowest BCUT2D eigenvalue weighted by Gasteiger charge is -2.24. The van der Waals surface area contributed by atoms with Crippen LogP contribution in [0.4, 0.5) is 0 Å². The molecule has 0 aliphatic rings. The van der Waals surface area contributed by atoms with E-state index in [2.05, 4.69) is 20.8 Å². The highest BCUT2D eigenvalue weighted by Crippen LogP contribution is 2.34. The molecule has 1 rings (SSSR count). The molecule has 1 aromatic carbocycles. The molecule has 0 aliphatic heterocycles. The largest absolute Gasteiger partial charge is 0.508 e. The van der Waals surface area contributed by atoms with Crippen molar-refractivity contribution in [1.82, 2.24) is 0 Å². The van der Waals surface area contributed by atoms with Gasteiger partial charge < -0.3 is 9.84 Å². The van der Waals surface area contributed by atoms with E-state index in [0.717, 1.165) is 5.56 Å². The molecule has 0 saturated carbocycles. The highest BCUT2D eigenvalue weighted by atomic mass is 16.5. The molecule has 1 N–H and O–H groups in total. The topological polar surface area (TPSA) is 29.5 Å². The molecule has 16 heavy (non-hydrogen) atoms. The molecule has 0 spiro atoms. The van der Waals surface area contributed by atoms with Crippen LogP contribution >= 0.6 is 0 Å². The van der Waals surface area contributed by atoms with E-state index in [9.17, 15) is 5.11 Å². The van der Waals surface area contributed by atoms with Crippen molar-refractivity contribution in [2.24, 2.45) is 0 Å². The Morgan fingerprint density at radius 3 is 1.94 bits per heavy atom. The number of aromatic hydroxyl groups is 1. The van der Waals surface area contributed by atoms with Gasteiger partial charge >= 0.3 is 0 Å². The van der Waals surface area contributed by atoms with Crippen LogP contribution in [0.1, 0.15) is 47.1 Å². The summed E-state index contributed by atoms with van der Waals surface area (Å²) in [5, 5.41) is 9.94. The number of hydrogen-bond donors (Lipinski definition) is 1. The molecule has 0 unspecified atom stereocenters. The molecule has 0 bridgehead atoms. The highest BCUT2D eigenvalue weighted by Gasteiger charge is 2.19. The quantitative estimate of drug-likeness (QED) is 0.781. The minimum atomic E-state index is -0.240. The molecule has 0 amide bonds. The lowest BCUT2D eigenvalue weighted by Crippen LogP contribution is -2.23. The first kappa shape index (κ1) is 12.9. The second kappa shape index (κ2) is 4.00. The van der Waals surface area contributed by atoms with Crippen molar-refractivity contribution >= 4 is 0 Å². The summed E-state index contributed by atoms with van der Waals surface area (Å²) in [6.45, 7) is 12.2. The zero-order valence-electron chi connectivity index (χ0n) is 11.1. The van der Waals surface area contributed by atoms with Crippen molar-refractivity contribution < 1.29 is 9.84 Å². The molecule has 0 saturated heterocycles. The summed E-state index contributed by atoms with van der Waals surface area (Å²) in [5.74, 6) is 1.01. The number of hydrogen-bond acceptors (Lipinski definition) is 2. The maximum absolute atomic E-state index is 9.94. The summed E-state index contributed by atoms with van der Waals surface area (Å²) in [6, 6.07) is 5.52. The fourth-order valence-corrected chi connectivity index (χ4v) is 1.56. The molecule has 0 atom stereocenters. The Labute approximate surface area is 98.3 Å². The monoisotopic (exact) mass is 222 g/mol. The van der Waals surface area contributed by atoms with E-state index in [1.165, 1.54) is 0 Å². The molecular formula is C14H22O2. The maximum Gasteiger partial charge on any atom is 0.123 e. The van der Waals surface area contributed by atoms with Gasteiger partial charge in [0, 0.05) is 6.07 Å². The molecule has 2 nitrogen and oxygen atoms in total. The Bertz CT molecular complexity index is 367. The van der Waals surface area contributed by atoms with Crippen molar-refractivity contribution in [2.75, 3.05) is 0 Å². The Morgan fingerprint density at radius 1 is 1.00 bits per heavy atom. The Balaban J connectivity index is 3.01. The van der Waals surface area contributed by atoms with Crippen LogP contribution in [0.25, 0.3) is 0 Å². The summed E-state index contributed by atoms with van der Waals surface area (Å²) < 4.78 is 5.69. The number of phenols is 1. The van der Waals surface area contributed by atoms with Crippen molar-refractivity contribution in [3.05, 3.63) is 23.8 Å². The van der Waals surface area contributed by atoms with Crippen molar-refractivity contribution in [3.8, 4) is 11.5 Å². The predicted molar refractivity (Wildman–Crippen MR) is 67.2 cm³/mol. The zero-order valence-corrected chi connectivity index (χ0v) is 11.1. The lowest BCUT2D eigenvalue weighted by molar-refractivity contribution is 0.130. The summed E-state index contributed by atoms with van der Waals surface area (Å²) in [4.78, 5) is 0. The minimum Gasteiger partial charge on any atom is -0.508 e. The summed E-state index contributed by atoms with van der Waals surface area (Å²) in [5.41, 5.74) is 0.647. The van der Waals surface area contributed by atoms with Crippen LogP contribution in [0.2, 0.25) is 0 Å². The molecule has 2 heteroatoms. The zero-order chi connectivity index (χ0) is 12.6. The summed E-state index contributed by atoms with van der Waals surface area (Å²) in [6.07, 6.45) is 0. The molecule has 0 radical (unpaired) electrons. The van der Waals surface area contributed by atoms with Crippen LogP contribution in [0, 0.1) is 0 Å². The fourth-order valence-electron chi connectivity index (χ4n) is 1.56. The van der Waals surface area contributed by atoms with Gasteiger partial charge in [0.2, 0.25) is 0 Å². The average Bonchev–Trinajstić information content (AvgIpc) is 1.97. The van der Waals surface area contributed by atoms with Gasteiger partial charge in [-0.2, -0.15) is 0 Å².